The van der Waals surface area contributed by atoms with E-state index in [-0.39, 0.29) is 24.0 Å². The van der Waals surface area contributed by atoms with Crippen LogP contribution in [0.4, 0.5) is 8.78 Å². The maximum Gasteiger partial charge on any atom is 0.200 e. The van der Waals surface area contributed by atoms with Crippen molar-refractivity contribution in [3.8, 4) is 5.75 Å². The zero-order chi connectivity index (χ0) is 22.8. The Balaban J connectivity index is 1.31. The lowest BCUT2D eigenvalue weighted by Gasteiger charge is -2.28. The largest absolute Gasteiger partial charge is 0.491 e. The average molecular weight is 449 g/mol. The molecule has 4 heteroatoms. The van der Waals surface area contributed by atoms with Gasteiger partial charge in [-0.3, -0.25) is 0 Å². The lowest BCUT2D eigenvalue weighted by atomic mass is 9.80. The molecule has 2 fully saturated rings. The fraction of sp³-hybridized carbons (Fsp3) is 0.714. The van der Waals surface area contributed by atoms with Crippen LogP contribution in [0.2, 0.25) is 0 Å². The monoisotopic (exact) mass is 448 g/mol. The van der Waals surface area contributed by atoms with Gasteiger partial charge in [0.15, 0.2) is 11.6 Å². The highest BCUT2D eigenvalue weighted by Crippen LogP contribution is 2.33. The van der Waals surface area contributed by atoms with E-state index in [4.69, 9.17) is 9.47 Å². The maximum atomic E-state index is 14.2. The number of halogens is 2. The number of hydrogen-bond acceptors (Lipinski definition) is 2. The zero-order valence-corrected chi connectivity index (χ0v) is 20.1. The maximum absolute atomic E-state index is 14.2. The molecule has 0 heterocycles. The van der Waals surface area contributed by atoms with E-state index in [9.17, 15) is 8.78 Å². The second kappa shape index (κ2) is 13.3. The van der Waals surface area contributed by atoms with Gasteiger partial charge >= 0.3 is 0 Å². The van der Waals surface area contributed by atoms with E-state index in [1.165, 1.54) is 70.3 Å². The van der Waals surface area contributed by atoms with Gasteiger partial charge in [-0.15, -0.1) is 0 Å². The predicted molar refractivity (Wildman–Crippen MR) is 127 cm³/mol. The quantitative estimate of drug-likeness (QED) is 0.316. The first kappa shape index (κ1) is 25.2. The molecule has 2 aliphatic carbocycles. The third kappa shape index (κ3) is 7.57. The molecule has 0 radical (unpaired) electrons. The van der Waals surface area contributed by atoms with E-state index in [1.54, 1.807) is 13.0 Å². The molecule has 0 amide bonds. The molecule has 180 valence electrons. The molecule has 3 rings (SSSR count). The third-order valence-corrected chi connectivity index (χ3v) is 7.43. The van der Waals surface area contributed by atoms with E-state index < -0.39 is 11.6 Å². The topological polar surface area (TPSA) is 18.5 Å². The van der Waals surface area contributed by atoms with Gasteiger partial charge in [-0.2, -0.15) is 4.39 Å². The highest BCUT2D eigenvalue weighted by molar-refractivity contribution is 5.30. The van der Waals surface area contributed by atoms with Crippen molar-refractivity contribution in [1.29, 1.82) is 0 Å². The summed E-state index contributed by atoms with van der Waals surface area (Å²) in [5.41, 5.74) is 0.266. The highest BCUT2D eigenvalue weighted by Gasteiger charge is 2.23. The van der Waals surface area contributed by atoms with Gasteiger partial charge in [-0.25, -0.2) is 4.39 Å². The molecular weight excluding hydrogens is 406 g/mol. The van der Waals surface area contributed by atoms with Gasteiger partial charge in [0.1, 0.15) is 0 Å². The molecule has 0 bridgehead atoms. The van der Waals surface area contributed by atoms with E-state index in [0.717, 1.165) is 30.6 Å². The number of rotatable bonds is 11. The molecule has 32 heavy (non-hydrogen) atoms. The summed E-state index contributed by atoms with van der Waals surface area (Å²) in [6.45, 7) is 4.48. The SMILES string of the molecule is CCCC1CCC(/C=C/CCC2CCC(OCc3ccc(OCC)c(F)c3F)CC2)CC1. The molecule has 0 atom stereocenters. The standard InChI is InChI=1S/C28H42F2O2/c1-3-7-21-10-12-22(13-11-21)8-5-6-9-23-14-17-25(18-15-23)32-20-24-16-19-26(31-4-2)28(30)27(24)29/h5,8,16,19,21-23,25H,3-4,6-7,9-15,17-18,20H2,1-2H3/b8-5+. The van der Waals surface area contributed by atoms with Crippen molar-refractivity contribution < 1.29 is 18.3 Å². The zero-order valence-electron chi connectivity index (χ0n) is 20.1. The van der Waals surface area contributed by atoms with Crippen molar-refractivity contribution in [2.75, 3.05) is 6.61 Å². The summed E-state index contributed by atoms with van der Waals surface area (Å²) in [6, 6.07) is 3.06. The molecule has 1 aromatic carbocycles. The molecule has 0 unspecified atom stereocenters. The molecule has 0 aromatic heterocycles. The third-order valence-electron chi connectivity index (χ3n) is 7.43. The van der Waals surface area contributed by atoms with Crippen LogP contribution in [0.25, 0.3) is 0 Å². The van der Waals surface area contributed by atoms with Gasteiger partial charge in [-0.05, 0) is 101 Å². The molecule has 0 N–H and O–H groups in total. The summed E-state index contributed by atoms with van der Waals surface area (Å²) >= 11 is 0. The van der Waals surface area contributed by atoms with Crippen LogP contribution in [-0.2, 0) is 11.3 Å². The Labute approximate surface area is 193 Å². The van der Waals surface area contributed by atoms with Crippen LogP contribution < -0.4 is 4.74 Å². The fourth-order valence-corrected chi connectivity index (χ4v) is 5.44. The van der Waals surface area contributed by atoms with Gasteiger partial charge < -0.3 is 9.47 Å². The predicted octanol–water partition coefficient (Wildman–Crippen LogP) is 8.38. The van der Waals surface area contributed by atoms with Crippen LogP contribution in [0, 0.1) is 29.4 Å². The Morgan fingerprint density at radius 3 is 2.25 bits per heavy atom. The molecule has 2 aliphatic rings. The van der Waals surface area contributed by atoms with Crippen molar-refractivity contribution >= 4 is 0 Å². The van der Waals surface area contributed by atoms with Crippen LogP contribution >= 0.6 is 0 Å². The summed E-state index contributed by atoms with van der Waals surface area (Å²) in [7, 11) is 0. The van der Waals surface area contributed by atoms with Gasteiger partial charge in [0.05, 0.1) is 19.3 Å². The highest BCUT2D eigenvalue weighted by atomic mass is 19.2. The van der Waals surface area contributed by atoms with Gasteiger partial charge in [0, 0.05) is 5.56 Å². The number of allylic oxidation sites excluding steroid dienone is 2. The normalized spacial score (nSPS) is 26.5. The summed E-state index contributed by atoms with van der Waals surface area (Å²) in [4.78, 5) is 0. The van der Waals surface area contributed by atoms with Crippen LogP contribution in [0.1, 0.15) is 96.5 Å². The number of benzene rings is 1. The number of ether oxygens (including phenoxy) is 2. The lowest BCUT2D eigenvalue weighted by molar-refractivity contribution is 0.00506. The minimum Gasteiger partial charge on any atom is -0.491 e. The van der Waals surface area contributed by atoms with E-state index in [1.807, 2.05) is 0 Å². The smallest absolute Gasteiger partial charge is 0.200 e. The van der Waals surface area contributed by atoms with Gasteiger partial charge in [0.2, 0.25) is 5.82 Å². The minimum atomic E-state index is -0.918. The first-order valence-electron chi connectivity index (χ1n) is 13.0. The van der Waals surface area contributed by atoms with Crippen molar-refractivity contribution in [2.24, 2.45) is 17.8 Å². The summed E-state index contributed by atoms with van der Waals surface area (Å²) in [5.74, 6) is 0.744. The summed E-state index contributed by atoms with van der Waals surface area (Å²) in [6.07, 6.45) is 20.2. The van der Waals surface area contributed by atoms with Crippen molar-refractivity contribution in [3.05, 3.63) is 41.5 Å². The van der Waals surface area contributed by atoms with Crippen molar-refractivity contribution in [3.63, 3.8) is 0 Å². The molecule has 0 aliphatic heterocycles. The Hall–Kier alpha value is -1.42. The van der Waals surface area contributed by atoms with E-state index in [2.05, 4.69) is 19.1 Å². The molecule has 0 spiro atoms. The molecular formula is C28H42F2O2. The Morgan fingerprint density at radius 1 is 0.875 bits per heavy atom. The summed E-state index contributed by atoms with van der Waals surface area (Å²) in [5, 5.41) is 0. The molecule has 1 aromatic rings. The Bertz CT molecular complexity index is 702. The average Bonchev–Trinajstić information content (AvgIpc) is 2.81. The van der Waals surface area contributed by atoms with Crippen LogP contribution in [0.15, 0.2) is 24.3 Å². The Morgan fingerprint density at radius 2 is 1.56 bits per heavy atom. The van der Waals surface area contributed by atoms with Crippen molar-refractivity contribution in [2.45, 2.75) is 104 Å². The minimum absolute atomic E-state index is 0.0347. The van der Waals surface area contributed by atoms with Crippen LogP contribution in [-0.4, -0.2) is 12.7 Å². The molecule has 2 saturated carbocycles. The Kier molecular flexibility index (Phi) is 10.5. The summed E-state index contributed by atoms with van der Waals surface area (Å²) < 4.78 is 39.3. The number of hydrogen-bond donors (Lipinski definition) is 0. The lowest BCUT2D eigenvalue weighted by Crippen LogP contribution is -2.21. The first-order valence-corrected chi connectivity index (χ1v) is 13.0. The van der Waals surface area contributed by atoms with Crippen molar-refractivity contribution in [1.82, 2.24) is 0 Å². The van der Waals surface area contributed by atoms with E-state index in [0.29, 0.717) is 6.61 Å². The van der Waals surface area contributed by atoms with Gasteiger partial charge in [0.25, 0.3) is 0 Å². The second-order valence-corrected chi connectivity index (χ2v) is 9.81. The van der Waals surface area contributed by atoms with Crippen LogP contribution in [0.3, 0.4) is 0 Å². The first-order chi connectivity index (χ1) is 15.6. The molecule has 2 nitrogen and oxygen atoms in total. The fourth-order valence-electron chi connectivity index (χ4n) is 5.44. The van der Waals surface area contributed by atoms with E-state index >= 15 is 0 Å². The van der Waals surface area contributed by atoms with Crippen LogP contribution in [0.5, 0.6) is 5.75 Å². The van der Waals surface area contributed by atoms with Gasteiger partial charge in [-0.1, -0.05) is 31.9 Å². The molecule has 0 saturated heterocycles. The second-order valence-electron chi connectivity index (χ2n) is 9.81.